The number of aromatic nitrogens is 2. The van der Waals surface area contributed by atoms with Crippen molar-refractivity contribution >= 4 is 40.1 Å². The van der Waals surface area contributed by atoms with Gasteiger partial charge < -0.3 is 0 Å². The number of thiazole rings is 1. The lowest BCUT2D eigenvalue weighted by atomic mass is 10.1. The summed E-state index contributed by atoms with van der Waals surface area (Å²) in [6.45, 7) is -0.0737. The summed E-state index contributed by atoms with van der Waals surface area (Å²) < 4.78 is 45.2. The third kappa shape index (κ3) is 3.37. The topological polar surface area (TPSA) is 26.4 Å². The monoisotopic (exact) mass is 454 g/mol. The lowest BCUT2D eigenvalue weighted by Gasteiger charge is -2.14. The number of nitrogens with zero attached hydrogens (tertiary/aromatic N) is 2. The van der Waals surface area contributed by atoms with Gasteiger partial charge in [-0.2, -0.15) is 0 Å². The molecule has 0 aliphatic heterocycles. The quantitative estimate of drug-likeness (QED) is 0.305. The van der Waals surface area contributed by atoms with Gasteiger partial charge in [-0.1, -0.05) is 24.3 Å². The molecule has 0 aliphatic rings. The van der Waals surface area contributed by atoms with E-state index in [0.29, 0.717) is 36.5 Å². The van der Waals surface area contributed by atoms with Gasteiger partial charge in [0.2, 0.25) is 0 Å². The van der Waals surface area contributed by atoms with E-state index in [4.69, 9.17) is 12.2 Å². The third-order valence-corrected chi connectivity index (χ3v) is 6.43. The number of fused-ring (bicyclic) bond motifs is 3. The van der Waals surface area contributed by atoms with E-state index in [1.54, 1.807) is 40.8 Å². The predicted octanol–water partition coefficient (Wildman–Crippen LogP) is 6.18. The van der Waals surface area contributed by atoms with Crippen LogP contribution >= 0.6 is 23.6 Å². The number of halogens is 3. The van der Waals surface area contributed by atoms with Crippen LogP contribution in [0.15, 0.2) is 71.5 Å². The Balaban J connectivity index is 1.91. The molecule has 2 aromatic heterocycles. The molecule has 0 saturated carbocycles. The first-order valence-electron chi connectivity index (χ1n) is 9.30. The molecule has 3 nitrogen and oxygen atoms in total. The Morgan fingerprint density at radius 1 is 0.871 bits per heavy atom. The largest absolute Gasteiger partial charge is 0.288 e. The third-order valence-electron chi connectivity index (χ3n) is 5.01. The van der Waals surface area contributed by atoms with E-state index >= 15 is 0 Å². The molecule has 5 aromatic rings. The zero-order chi connectivity index (χ0) is 21.7. The minimum atomic E-state index is -0.729. The number of para-hydroxylation sites is 1. The van der Waals surface area contributed by atoms with Crippen LogP contribution < -0.4 is 5.56 Å². The van der Waals surface area contributed by atoms with Gasteiger partial charge in [-0.3, -0.25) is 13.8 Å². The van der Waals surface area contributed by atoms with Crippen LogP contribution in [0.1, 0.15) is 5.56 Å². The number of hydrogen-bond acceptors (Lipinski definition) is 3. The van der Waals surface area contributed by atoms with Gasteiger partial charge in [0.15, 0.2) is 3.95 Å². The number of rotatable bonds is 3. The van der Waals surface area contributed by atoms with E-state index in [1.807, 2.05) is 0 Å². The average Bonchev–Trinajstić information content (AvgIpc) is 3.08. The van der Waals surface area contributed by atoms with Crippen LogP contribution in [-0.4, -0.2) is 8.97 Å². The standard InChI is InChI=1S/C23H13F3N2OS2/c24-15-5-3-4-14(10-15)20-21-27(12-13-8-16(25)11-17(26)9-13)22(29)18-6-1-2-7-19(18)28(21)23(30)31-20/h1-11H,12H2. The van der Waals surface area contributed by atoms with Crippen molar-refractivity contribution in [2.45, 2.75) is 6.54 Å². The van der Waals surface area contributed by atoms with Gasteiger partial charge in [0, 0.05) is 6.07 Å². The highest BCUT2D eigenvalue weighted by Crippen LogP contribution is 2.33. The molecule has 0 radical (unpaired) electrons. The van der Waals surface area contributed by atoms with E-state index in [-0.39, 0.29) is 12.1 Å². The van der Waals surface area contributed by atoms with E-state index in [0.717, 1.165) is 6.07 Å². The maximum Gasteiger partial charge on any atom is 0.261 e. The molecule has 2 heterocycles. The van der Waals surface area contributed by atoms with Gasteiger partial charge in [0.25, 0.3) is 5.56 Å². The maximum atomic E-state index is 13.9. The first-order chi connectivity index (χ1) is 14.9. The van der Waals surface area contributed by atoms with Crippen molar-refractivity contribution in [3.8, 4) is 10.4 Å². The summed E-state index contributed by atoms with van der Waals surface area (Å²) in [7, 11) is 0. The van der Waals surface area contributed by atoms with E-state index in [9.17, 15) is 18.0 Å². The van der Waals surface area contributed by atoms with E-state index in [1.165, 1.54) is 40.2 Å². The second-order valence-electron chi connectivity index (χ2n) is 7.05. The summed E-state index contributed by atoms with van der Waals surface area (Å²) in [4.78, 5) is 14.0. The molecule has 0 aliphatic carbocycles. The predicted molar refractivity (Wildman–Crippen MR) is 119 cm³/mol. The number of hydrogen-bond donors (Lipinski definition) is 0. The molecule has 0 atom stereocenters. The molecular weight excluding hydrogens is 441 g/mol. The highest BCUT2D eigenvalue weighted by atomic mass is 32.1. The number of benzene rings is 3. The summed E-state index contributed by atoms with van der Waals surface area (Å²) in [6, 6.07) is 16.2. The fourth-order valence-electron chi connectivity index (χ4n) is 3.76. The Bertz CT molecular complexity index is 1580. The SMILES string of the molecule is O=c1c2ccccc2n2c(=S)sc(-c3cccc(F)c3)c2n1Cc1cc(F)cc(F)c1. The summed E-state index contributed by atoms with van der Waals surface area (Å²) in [5.41, 5.74) is 1.60. The van der Waals surface area contributed by atoms with E-state index < -0.39 is 17.5 Å². The highest BCUT2D eigenvalue weighted by molar-refractivity contribution is 7.73. The van der Waals surface area contributed by atoms with Crippen molar-refractivity contribution in [1.82, 2.24) is 8.97 Å². The molecule has 0 fully saturated rings. The van der Waals surface area contributed by atoms with Crippen LogP contribution in [0.3, 0.4) is 0 Å². The van der Waals surface area contributed by atoms with Gasteiger partial charge in [-0.25, -0.2) is 13.2 Å². The molecule has 0 bridgehead atoms. The molecule has 0 amide bonds. The van der Waals surface area contributed by atoms with Crippen molar-refractivity contribution in [2.24, 2.45) is 0 Å². The smallest absolute Gasteiger partial charge is 0.261 e. The van der Waals surface area contributed by atoms with E-state index in [2.05, 4.69) is 0 Å². The Labute approximate surface area is 183 Å². The molecule has 5 rings (SSSR count). The van der Waals surface area contributed by atoms with Crippen LogP contribution in [0.25, 0.3) is 27.0 Å². The van der Waals surface area contributed by atoms with Crippen LogP contribution in [-0.2, 0) is 6.54 Å². The van der Waals surface area contributed by atoms with Crippen molar-refractivity contribution < 1.29 is 13.2 Å². The lowest BCUT2D eigenvalue weighted by molar-refractivity contribution is 0.577. The molecule has 0 spiro atoms. The molecule has 154 valence electrons. The average molecular weight is 454 g/mol. The van der Waals surface area contributed by atoms with Gasteiger partial charge in [0.1, 0.15) is 23.1 Å². The van der Waals surface area contributed by atoms with Crippen molar-refractivity contribution in [1.29, 1.82) is 0 Å². The fraction of sp³-hybridized carbons (Fsp3) is 0.0435. The van der Waals surface area contributed by atoms with Gasteiger partial charge >= 0.3 is 0 Å². The van der Waals surface area contributed by atoms with Gasteiger partial charge in [0.05, 0.1) is 22.3 Å². The minimum Gasteiger partial charge on any atom is -0.288 e. The highest BCUT2D eigenvalue weighted by Gasteiger charge is 2.19. The summed E-state index contributed by atoms with van der Waals surface area (Å²) >= 11 is 6.84. The van der Waals surface area contributed by atoms with Crippen LogP contribution in [0, 0.1) is 21.4 Å². The Morgan fingerprint density at radius 3 is 2.35 bits per heavy atom. The van der Waals surface area contributed by atoms with Gasteiger partial charge in [-0.05, 0) is 59.7 Å². The summed E-state index contributed by atoms with van der Waals surface area (Å²) in [6.07, 6.45) is 0. The summed E-state index contributed by atoms with van der Waals surface area (Å²) in [5.74, 6) is -1.88. The molecule has 3 aromatic carbocycles. The zero-order valence-electron chi connectivity index (χ0n) is 15.8. The molecular formula is C23H13F3N2OS2. The zero-order valence-corrected chi connectivity index (χ0v) is 17.4. The lowest BCUT2D eigenvalue weighted by Crippen LogP contribution is -2.23. The normalized spacial score (nSPS) is 11.5. The Kier molecular flexibility index (Phi) is 4.75. The molecule has 0 N–H and O–H groups in total. The molecule has 8 heteroatoms. The van der Waals surface area contributed by atoms with Crippen LogP contribution in [0.2, 0.25) is 0 Å². The molecule has 31 heavy (non-hydrogen) atoms. The first-order valence-corrected chi connectivity index (χ1v) is 10.5. The molecule has 0 unspecified atom stereocenters. The Hall–Kier alpha value is -3.23. The minimum absolute atomic E-state index is 0.0737. The fourth-order valence-corrected chi connectivity index (χ4v) is 5.19. The summed E-state index contributed by atoms with van der Waals surface area (Å²) in [5, 5.41) is 0.423. The molecule has 0 saturated heterocycles. The second-order valence-corrected chi connectivity index (χ2v) is 8.70. The Morgan fingerprint density at radius 2 is 1.61 bits per heavy atom. The second kappa shape index (κ2) is 7.47. The maximum absolute atomic E-state index is 13.9. The van der Waals surface area contributed by atoms with Crippen LogP contribution in [0.5, 0.6) is 0 Å². The van der Waals surface area contributed by atoms with Crippen LogP contribution in [0.4, 0.5) is 13.2 Å². The van der Waals surface area contributed by atoms with Crippen molar-refractivity contribution in [3.63, 3.8) is 0 Å². The van der Waals surface area contributed by atoms with Crippen molar-refractivity contribution in [3.05, 3.63) is 104 Å². The van der Waals surface area contributed by atoms with Gasteiger partial charge in [-0.15, -0.1) is 11.3 Å². The first kappa shape index (κ1) is 19.7. The van der Waals surface area contributed by atoms with Crippen molar-refractivity contribution in [2.75, 3.05) is 0 Å².